The molecule has 1 atom stereocenters. The minimum absolute atomic E-state index is 0.0657. The Morgan fingerprint density at radius 3 is 2.54 bits per heavy atom. The molecule has 0 bridgehead atoms. The third-order valence-electron chi connectivity index (χ3n) is 1.72. The van der Waals surface area contributed by atoms with Crippen molar-refractivity contribution in [1.82, 2.24) is 5.43 Å². The summed E-state index contributed by atoms with van der Waals surface area (Å²) < 4.78 is 5.27. The number of guanidine groups is 1. The van der Waals surface area contributed by atoms with Gasteiger partial charge < -0.3 is 10.5 Å². The predicted molar refractivity (Wildman–Crippen MR) is 54.1 cm³/mol. The Hall–Kier alpha value is -0.810. The van der Waals surface area contributed by atoms with Crippen molar-refractivity contribution in [3.63, 3.8) is 0 Å². The summed E-state index contributed by atoms with van der Waals surface area (Å²) in [7, 11) is 0. The molecule has 5 nitrogen and oxygen atoms in total. The Bertz CT molecular complexity index is 158. The summed E-state index contributed by atoms with van der Waals surface area (Å²) in [5.74, 6) is 5.74. The van der Waals surface area contributed by atoms with Gasteiger partial charge in [0.15, 0.2) is 0 Å². The Labute approximate surface area is 79.5 Å². The molecule has 0 aromatic rings. The maximum atomic E-state index is 5.44. The average Bonchev–Trinajstić information content (AvgIpc) is 2.11. The Balaban J connectivity index is 4.09. The van der Waals surface area contributed by atoms with E-state index in [0.29, 0.717) is 19.1 Å². The third kappa shape index (κ3) is 5.43. The van der Waals surface area contributed by atoms with Crippen molar-refractivity contribution >= 4 is 5.96 Å². The van der Waals surface area contributed by atoms with E-state index in [0.717, 1.165) is 0 Å². The second kappa shape index (κ2) is 6.68. The van der Waals surface area contributed by atoms with Gasteiger partial charge in [-0.3, -0.25) is 5.43 Å². The van der Waals surface area contributed by atoms with Crippen molar-refractivity contribution in [3.8, 4) is 0 Å². The van der Waals surface area contributed by atoms with Crippen molar-refractivity contribution in [2.24, 2.45) is 22.5 Å². The minimum Gasteiger partial charge on any atom is -0.380 e. The van der Waals surface area contributed by atoms with Crippen LogP contribution in [0.2, 0.25) is 0 Å². The molecule has 0 aliphatic heterocycles. The van der Waals surface area contributed by atoms with E-state index >= 15 is 0 Å². The molecule has 0 saturated carbocycles. The number of nitrogens with one attached hydrogen (secondary N) is 1. The van der Waals surface area contributed by atoms with E-state index in [2.05, 4.69) is 24.3 Å². The van der Waals surface area contributed by atoms with Gasteiger partial charge in [-0.2, -0.15) is 0 Å². The maximum Gasteiger partial charge on any atom is 0.203 e. The average molecular weight is 188 g/mol. The highest BCUT2D eigenvalue weighted by atomic mass is 16.5. The number of nitrogens with zero attached hydrogens (tertiary/aromatic N) is 1. The highest BCUT2D eigenvalue weighted by Crippen LogP contribution is 2.06. The van der Waals surface area contributed by atoms with Crippen LogP contribution in [0, 0.1) is 5.92 Å². The fourth-order valence-corrected chi connectivity index (χ4v) is 0.833. The molecule has 13 heavy (non-hydrogen) atoms. The lowest BCUT2D eigenvalue weighted by Crippen LogP contribution is -2.39. The van der Waals surface area contributed by atoms with E-state index in [-0.39, 0.29) is 12.0 Å². The van der Waals surface area contributed by atoms with Crippen molar-refractivity contribution < 1.29 is 4.74 Å². The van der Waals surface area contributed by atoms with E-state index < -0.39 is 0 Å². The summed E-state index contributed by atoms with van der Waals surface area (Å²) >= 11 is 0. The number of hydrogen-bond donors (Lipinski definition) is 3. The standard InChI is InChI=1S/C8H20N4O/c1-4-13-5-7(6(2)3)11-8(9)12-10/h6-7H,4-5,10H2,1-3H3,(H3,9,11,12). The number of hydrogen-bond acceptors (Lipinski definition) is 3. The molecular weight excluding hydrogens is 168 g/mol. The highest BCUT2D eigenvalue weighted by molar-refractivity contribution is 5.77. The van der Waals surface area contributed by atoms with Gasteiger partial charge in [0.2, 0.25) is 5.96 Å². The molecular formula is C8H20N4O. The Morgan fingerprint density at radius 2 is 2.15 bits per heavy atom. The summed E-state index contributed by atoms with van der Waals surface area (Å²) in [5, 5.41) is 0. The monoisotopic (exact) mass is 188 g/mol. The summed E-state index contributed by atoms with van der Waals surface area (Å²) in [6.07, 6.45) is 0. The van der Waals surface area contributed by atoms with Gasteiger partial charge in [-0.05, 0) is 12.8 Å². The second-order valence-corrected chi connectivity index (χ2v) is 3.13. The van der Waals surface area contributed by atoms with E-state index in [1.54, 1.807) is 0 Å². The number of rotatable bonds is 5. The molecule has 0 spiro atoms. The molecule has 0 heterocycles. The lowest BCUT2D eigenvalue weighted by atomic mass is 10.1. The van der Waals surface area contributed by atoms with Crippen molar-refractivity contribution in [3.05, 3.63) is 0 Å². The Kier molecular flexibility index (Phi) is 6.26. The van der Waals surface area contributed by atoms with Gasteiger partial charge in [0.05, 0.1) is 12.6 Å². The first-order valence-electron chi connectivity index (χ1n) is 4.49. The molecule has 0 aromatic carbocycles. The molecule has 5 heteroatoms. The van der Waals surface area contributed by atoms with Crippen LogP contribution in [-0.4, -0.2) is 25.2 Å². The second-order valence-electron chi connectivity index (χ2n) is 3.13. The van der Waals surface area contributed by atoms with E-state index in [4.69, 9.17) is 16.3 Å². The van der Waals surface area contributed by atoms with Crippen LogP contribution in [0.3, 0.4) is 0 Å². The molecule has 0 radical (unpaired) electrons. The first kappa shape index (κ1) is 12.2. The number of aliphatic imine (C=N–C) groups is 1. The topological polar surface area (TPSA) is 85.7 Å². The molecule has 0 rings (SSSR count). The molecule has 0 saturated heterocycles. The smallest absolute Gasteiger partial charge is 0.203 e. The lowest BCUT2D eigenvalue weighted by Gasteiger charge is -2.16. The predicted octanol–water partition coefficient (Wildman–Crippen LogP) is -0.174. The maximum absolute atomic E-state index is 5.44. The molecule has 0 amide bonds. The molecule has 78 valence electrons. The summed E-state index contributed by atoms with van der Waals surface area (Å²) in [4.78, 5) is 4.17. The van der Waals surface area contributed by atoms with Crippen molar-refractivity contribution in [1.29, 1.82) is 0 Å². The van der Waals surface area contributed by atoms with Crippen LogP contribution in [0.1, 0.15) is 20.8 Å². The fraction of sp³-hybridized carbons (Fsp3) is 0.875. The highest BCUT2D eigenvalue weighted by Gasteiger charge is 2.12. The van der Waals surface area contributed by atoms with Gasteiger partial charge in [-0.25, -0.2) is 10.8 Å². The van der Waals surface area contributed by atoms with Crippen LogP contribution in [-0.2, 0) is 4.74 Å². The molecule has 0 aliphatic rings. The van der Waals surface area contributed by atoms with Crippen molar-refractivity contribution in [2.75, 3.05) is 13.2 Å². The zero-order valence-electron chi connectivity index (χ0n) is 8.58. The summed E-state index contributed by atoms with van der Waals surface area (Å²) in [6.45, 7) is 7.35. The van der Waals surface area contributed by atoms with Crippen LogP contribution in [0.4, 0.5) is 0 Å². The van der Waals surface area contributed by atoms with Gasteiger partial charge in [0.25, 0.3) is 0 Å². The summed E-state index contributed by atoms with van der Waals surface area (Å²) in [5.41, 5.74) is 7.74. The molecule has 0 aromatic heterocycles. The van der Waals surface area contributed by atoms with E-state index in [1.807, 2.05) is 6.92 Å². The van der Waals surface area contributed by atoms with Gasteiger partial charge >= 0.3 is 0 Å². The van der Waals surface area contributed by atoms with E-state index in [9.17, 15) is 0 Å². The minimum atomic E-state index is 0.0657. The summed E-state index contributed by atoms with van der Waals surface area (Å²) in [6, 6.07) is 0.0657. The zero-order chi connectivity index (χ0) is 10.3. The van der Waals surface area contributed by atoms with Crippen LogP contribution >= 0.6 is 0 Å². The molecule has 0 aliphatic carbocycles. The fourth-order valence-electron chi connectivity index (χ4n) is 0.833. The van der Waals surface area contributed by atoms with Crippen LogP contribution < -0.4 is 17.0 Å². The van der Waals surface area contributed by atoms with Crippen LogP contribution in [0.25, 0.3) is 0 Å². The number of ether oxygens (including phenoxy) is 1. The third-order valence-corrected chi connectivity index (χ3v) is 1.72. The molecule has 1 unspecified atom stereocenters. The van der Waals surface area contributed by atoms with Gasteiger partial charge in [0.1, 0.15) is 0 Å². The molecule has 0 fully saturated rings. The quantitative estimate of drug-likeness (QED) is 0.242. The first-order valence-corrected chi connectivity index (χ1v) is 4.49. The van der Waals surface area contributed by atoms with Gasteiger partial charge in [0, 0.05) is 6.61 Å². The Morgan fingerprint density at radius 1 is 1.54 bits per heavy atom. The van der Waals surface area contributed by atoms with Crippen LogP contribution in [0.5, 0.6) is 0 Å². The first-order chi connectivity index (χ1) is 6.11. The lowest BCUT2D eigenvalue weighted by molar-refractivity contribution is 0.122. The number of nitrogens with two attached hydrogens (primary N) is 2. The van der Waals surface area contributed by atoms with Gasteiger partial charge in [-0.1, -0.05) is 13.8 Å². The zero-order valence-corrected chi connectivity index (χ0v) is 8.58. The largest absolute Gasteiger partial charge is 0.380 e. The van der Waals surface area contributed by atoms with E-state index in [1.165, 1.54) is 0 Å². The van der Waals surface area contributed by atoms with Crippen LogP contribution in [0.15, 0.2) is 4.99 Å². The SMILES string of the molecule is CCOCC(N=C(N)NN)C(C)C. The molecule has 5 N–H and O–H groups in total. The normalized spacial score (nSPS) is 14.7. The van der Waals surface area contributed by atoms with Crippen molar-refractivity contribution in [2.45, 2.75) is 26.8 Å². The number of hydrazine groups is 1. The van der Waals surface area contributed by atoms with Gasteiger partial charge in [-0.15, -0.1) is 0 Å².